The average molecular weight is 457 g/mol. The Balaban J connectivity index is 1.60. The van der Waals surface area contributed by atoms with Crippen LogP contribution in [0.1, 0.15) is 113 Å². The lowest BCUT2D eigenvalue weighted by Gasteiger charge is -2.71. The molecule has 186 valence electrons. The molecular formula is C30H48O3. The summed E-state index contributed by atoms with van der Waals surface area (Å²) in [6.45, 7) is 16.9. The third-order valence-electron chi connectivity index (χ3n) is 13.0. The number of carboxylic acid groups (broad SMARTS) is 1. The number of aliphatic hydroxyl groups excluding tert-OH is 1. The van der Waals surface area contributed by atoms with Crippen LogP contribution in [0.2, 0.25) is 0 Å². The molecule has 0 radical (unpaired) electrons. The first-order valence-electron chi connectivity index (χ1n) is 13.8. The van der Waals surface area contributed by atoms with Gasteiger partial charge in [-0.1, -0.05) is 60.1 Å². The molecule has 5 aliphatic carbocycles. The molecule has 0 amide bonds. The van der Waals surface area contributed by atoms with Gasteiger partial charge in [-0.25, -0.2) is 0 Å². The first-order chi connectivity index (χ1) is 15.1. The van der Waals surface area contributed by atoms with Crippen LogP contribution in [0, 0.1) is 50.2 Å². The predicted octanol–water partition coefficient (Wildman–Crippen LogP) is 7.23. The zero-order valence-corrected chi connectivity index (χ0v) is 22.3. The fourth-order valence-corrected chi connectivity index (χ4v) is 10.6. The SMILES string of the molecule is CC1(C)CC[C@@]2(C(=O)O)CC[C@]3(C)C(=CC[C@H]4[C@]5(C)CC[C@@H](O)C(C)(C)[C@H]5CC[C@]43C)[C@H]2C1. The molecule has 33 heavy (non-hydrogen) atoms. The van der Waals surface area contributed by atoms with E-state index in [9.17, 15) is 15.0 Å². The first kappa shape index (κ1) is 23.9. The number of allylic oxidation sites excluding steroid dienone is 2. The topological polar surface area (TPSA) is 57.5 Å². The Labute approximate surface area is 201 Å². The van der Waals surface area contributed by atoms with E-state index in [1.54, 1.807) is 0 Å². The number of hydrogen-bond donors (Lipinski definition) is 2. The Bertz CT molecular complexity index is 885. The summed E-state index contributed by atoms with van der Waals surface area (Å²) < 4.78 is 0. The molecule has 0 aliphatic heterocycles. The van der Waals surface area contributed by atoms with Crippen molar-refractivity contribution in [1.82, 2.24) is 0 Å². The van der Waals surface area contributed by atoms with Crippen LogP contribution in [0.3, 0.4) is 0 Å². The molecule has 4 saturated carbocycles. The highest BCUT2D eigenvalue weighted by Gasteiger charge is 2.69. The van der Waals surface area contributed by atoms with Crippen LogP contribution >= 0.6 is 0 Å². The Morgan fingerprint density at radius 2 is 1.55 bits per heavy atom. The molecular weight excluding hydrogens is 408 g/mol. The summed E-state index contributed by atoms with van der Waals surface area (Å²) in [6.07, 6.45) is 12.6. The van der Waals surface area contributed by atoms with Crippen molar-refractivity contribution >= 4 is 5.97 Å². The molecule has 0 unspecified atom stereocenters. The number of aliphatic hydroxyl groups is 1. The molecule has 0 bridgehead atoms. The summed E-state index contributed by atoms with van der Waals surface area (Å²) >= 11 is 0. The molecule has 2 N–H and O–H groups in total. The summed E-state index contributed by atoms with van der Waals surface area (Å²) in [7, 11) is 0. The molecule has 0 saturated heterocycles. The maximum atomic E-state index is 12.8. The van der Waals surface area contributed by atoms with E-state index in [1.165, 1.54) is 18.4 Å². The highest BCUT2D eigenvalue weighted by atomic mass is 16.4. The Hall–Kier alpha value is -0.830. The summed E-state index contributed by atoms with van der Waals surface area (Å²) in [5, 5.41) is 21.4. The summed E-state index contributed by atoms with van der Waals surface area (Å²) in [5.74, 6) is 0.807. The van der Waals surface area contributed by atoms with Crippen molar-refractivity contribution in [2.24, 2.45) is 50.2 Å². The lowest BCUT2D eigenvalue weighted by Crippen LogP contribution is -2.65. The van der Waals surface area contributed by atoms with Crippen molar-refractivity contribution in [2.45, 2.75) is 119 Å². The van der Waals surface area contributed by atoms with Crippen LogP contribution in [-0.4, -0.2) is 22.3 Å². The molecule has 0 aromatic rings. The summed E-state index contributed by atoms with van der Waals surface area (Å²) in [4.78, 5) is 12.8. The van der Waals surface area contributed by atoms with Gasteiger partial charge in [-0.3, -0.25) is 4.79 Å². The smallest absolute Gasteiger partial charge is 0.310 e. The maximum Gasteiger partial charge on any atom is 0.310 e. The van der Waals surface area contributed by atoms with Gasteiger partial charge in [-0.05, 0) is 109 Å². The maximum absolute atomic E-state index is 12.8. The molecule has 5 rings (SSSR count). The van der Waals surface area contributed by atoms with E-state index in [0.717, 1.165) is 51.4 Å². The fraction of sp³-hybridized carbons (Fsp3) is 0.900. The van der Waals surface area contributed by atoms with E-state index >= 15 is 0 Å². The molecule has 0 aromatic heterocycles. The lowest BCUT2D eigenvalue weighted by atomic mass is 9.33. The standard InChI is InChI=1S/C30H48O3/c1-25(2)14-16-30(24(32)33)17-15-28(6)19(20(30)18-25)8-9-22-27(5)12-11-23(31)26(3,4)21(27)10-13-29(22,28)7/h8,20-23,31H,9-18H2,1-7H3,(H,32,33)/t20-,21-,22+,23-,27-,28-,29-,30-/m1/s1. The zero-order chi connectivity index (χ0) is 24.2. The zero-order valence-electron chi connectivity index (χ0n) is 22.3. The van der Waals surface area contributed by atoms with Crippen molar-refractivity contribution in [1.29, 1.82) is 0 Å². The second-order valence-electron chi connectivity index (χ2n) is 15.1. The van der Waals surface area contributed by atoms with Crippen LogP contribution in [0.15, 0.2) is 11.6 Å². The van der Waals surface area contributed by atoms with Gasteiger partial charge in [0.1, 0.15) is 0 Å². The second kappa shape index (κ2) is 6.89. The van der Waals surface area contributed by atoms with Crippen LogP contribution < -0.4 is 0 Å². The Morgan fingerprint density at radius 3 is 2.21 bits per heavy atom. The predicted molar refractivity (Wildman–Crippen MR) is 133 cm³/mol. The fourth-order valence-electron chi connectivity index (χ4n) is 10.6. The average Bonchev–Trinajstić information content (AvgIpc) is 2.71. The van der Waals surface area contributed by atoms with Gasteiger partial charge in [0.05, 0.1) is 11.5 Å². The van der Waals surface area contributed by atoms with Gasteiger partial charge in [0.2, 0.25) is 0 Å². The van der Waals surface area contributed by atoms with Gasteiger partial charge in [-0.15, -0.1) is 0 Å². The third kappa shape index (κ3) is 2.87. The quantitative estimate of drug-likeness (QED) is 0.409. The van der Waals surface area contributed by atoms with Gasteiger partial charge < -0.3 is 10.2 Å². The Kier molecular flexibility index (Phi) is 4.99. The molecule has 0 heterocycles. The number of rotatable bonds is 1. The van der Waals surface area contributed by atoms with Crippen molar-refractivity contribution in [3.8, 4) is 0 Å². The molecule has 3 heteroatoms. The highest BCUT2D eigenvalue weighted by Crippen LogP contribution is 2.75. The highest BCUT2D eigenvalue weighted by molar-refractivity contribution is 5.76. The van der Waals surface area contributed by atoms with Crippen LogP contribution in [0.5, 0.6) is 0 Å². The van der Waals surface area contributed by atoms with Gasteiger partial charge >= 0.3 is 5.97 Å². The number of carboxylic acids is 1. The Morgan fingerprint density at radius 1 is 0.879 bits per heavy atom. The van der Waals surface area contributed by atoms with Gasteiger partial charge in [0.25, 0.3) is 0 Å². The third-order valence-corrected chi connectivity index (χ3v) is 13.0. The van der Waals surface area contributed by atoms with Crippen molar-refractivity contribution in [3.05, 3.63) is 11.6 Å². The minimum Gasteiger partial charge on any atom is -0.481 e. The number of carbonyl (C=O) groups is 1. The first-order valence-corrected chi connectivity index (χ1v) is 13.8. The summed E-state index contributed by atoms with van der Waals surface area (Å²) in [6, 6.07) is 0. The van der Waals surface area contributed by atoms with Gasteiger partial charge in [0, 0.05) is 0 Å². The largest absolute Gasteiger partial charge is 0.481 e. The lowest BCUT2D eigenvalue weighted by molar-refractivity contribution is -0.205. The number of fused-ring (bicyclic) bond motifs is 7. The second-order valence-corrected chi connectivity index (χ2v) is 15.1. The molecule has 0 spiro atoms. The molecule has 3 nitrogen and oxygen atoms in total. The molecule has 4 fully saturated rings. The molecule has 5 aliphatic rings. The van der Waals surface area contributed by atoms with Crippen LogP contribution in [0.4, 0.5) is 0 Å². The van der Waals surface area contributed by atoms with E-state index in [-0.39, 0.29) is 39.1 Å². The summed E-state index contributed by atoms with van der Waals surface area (Å²) in [5.41, 5.74) is 1.68. The van der Waals surface area contributed by atoms with Crippen molar-refractivity contribution in [2.75, 3.05) is 0 Å². The number of aliphatic carboxylic acids is 1. The van der Waals surface area contributed by atoms with Crippen LogP contribution in [0.25, 0.3) is 0 Å². The van der Waals surface area contributed by atoms with E-state index in [2.05, 4.69) is 54.5 Å². The van der Waals surface area contributed by atoms with E-state index in [0.29, 0.717) is 11.8 Å². The van der Waals surface area contributed by atoms with E-state index in [1.807, 2.05) is 0 Å². The van der Waals surface area contributed by atoms with Crippen LogP contribution in [-0.2, 0) is 4.79 Å². The van der Waals surface area contributed by atoms with Gasteiger partial charge in [0.15, 0.2) is 0 Å². The van der Waals surface area contributed by atoms with Crippen molar-refractivity contribution in [3.63, 3.8) is 0 Å². The molecule has 8 atom stereocenters. The number of hydrogen-bond acceptors (Lipinski definition) is 2. The minimum atomic E-state index is -0.553. The van der Waals surface area contributed by atoms with E-state index < -0.39 is 11.4 Å². The molecule has 0 aromatic carbocycles. The van der Waals surface area contributed by atoms with E-state index in [4.69, 9.17) is 0 Å². The van der Waals surface area contributed by atoms with Crippen molar-refractivity contribution < 1.29 is 15.0 Å². The van der Waals surface area contributed by atoms with Gasteiger partial charge in [-0.2, -0.15) is 0 Å². The normalized spacial score (nSPS) is 52.4. The monoisotopic (exact) mass is 456 g/mol. The minimum absolute atomic E-state index is 0.0301.